The minimum Gasteiger partial charge on any atom is -0.354 e. The van der Waals surface area contributed by atoms with Crippen molar-refractivity contribution in [1.82, 2.24) is 15.5 Å². The summed E-state index contributed by atoms with van der Waals surface area (Å²) in [6.07, 6.45) is 8.24. The molecule has 2 heterocycles. The third-order valence-corrected chi connectivity index (χ3v) is 7.35. The Kier molecular flexibility index (Phi) is 8.74. The summed E-state index contributed by atoms with van der Waals surface area (Å²) in [5.41, 5.74) is 0. The van der Waals surface area contributed by atoms with Crippen LogP contribution in [-0.4, -0.2) is 53.0 Å². The maximum atomic E-state index is 12.4. The lowest BCUT2D eigenvalue weighted by molar-refractivity contribution is -0.132. The highest BCUT2D eigenvalue weighted by atomic mass is 32.2. The number of hydrogen-bond acceptors (Lipinski definition) is 4. The average molecular weight is 384 g/mol. The molecule has 0 bridgehead atoms. The van der Waals surface area contributed by atoms with Gasteiger partial charge >= 0.3 is 0 Å². The number of nitrogens with one attached hydrogen (secondary N) is 2. The van der Waals surface area contributed by atoms with Crippen molar-refractivity contribution in [3.8, 4) is 0 Å². The molecule has 0 aliphatic carbocycles. The number of piperidine rings is 1. The van der Waals surface area contributed by atoms with E-state index in [9.17, 15) is 9.59 Å². The molecule has 0 aromatic heterocycles. The van der Waals surface area contributed by atoms with Gasteiger partial charge in [-0.2, -0.15) is 0 Å². The molecule has 0 aromatic rings. The van der Waals surface area contributed by atoms with Gasteiger partial charge in [-0.1, -0.05) is 46.5 Å². The highest BCUT2D eigenvalue weighted by Crippen LogP contribution is 2.39. The molecule has 2 rings (SSSR count). The number of carbonyl (C=O) groups excluding carboxylic acids is 2. The normalized spacial score (nSPS) is 23.2. The minimum absolute atomic E-state index is 0.0165. The van der Waals surface area contributed by atoms with Crippen LogP contribution < -0.4 is 10.6 Å². The molecule has 0 saturated carbocycles. The molecule has 2 amide bonds. The van der Waals surface area contributed by atoms with Crippen LogP contribution in [0.2, 0.25) is 0 Å². The second kappa shape index (κ2) is 10.5. The fourth-order valence-corrected chi connectivity index (χ4v) is 5.01. The van der Waals surface area contributed by atoms with Crippen LogP contribution in [-0.2, 0) is 9.59 Å². The molecule has 5 nitrogen and oxygen atoms in total. The Morgan fingerprint density at radius 3 is 2.62 bits per heavy atom. The molecule has 6 heteroatoms. The largest absolute Gasteiger partial charge is 0.354 e. The Labute approximate surface area is 163 Å². The van der Waals surface area contributed by atoms with Gasteiger partial charge in [0, 0.05) is 31.8 Å². The van der Waals surface area contributed by atoms with Gasteiger partial charge < -0.3 is 10.2 Å². The van der Waals surface area contributed by atoms with E-state index in [1.807, 2.05) is 16.7 Å². The third kappa shape index (κ3) is 6.15. The van der Waals surface area contributed by atoms with E-state index in [0.29, 0.717) is 18.2 Å². The van der Waals surface area contributed by atoms with Crippen LogP contribution >= 0.6 is 11.8 Å². The Balaban J connectivity index is 1.71. The average Bonchev–Trinajstić information content (AvgIpc) is 3.07. The molecule has 2 unspecified atom stereocenters. The molecule has 2 N–H and O–H groups in total. The second-order valence-electron chi connectivity index (χ2n) is 7.95. The number of thioether (sulfide) groups is 1. The Bertz CT molecular complexity index is 464. The van der Waals surface area contributed by atoms with Gasteiger partial charge in [0.15, 0.2) is 0 Å². The van der Waals surface area contributed by atoms with Crippen molar-refractivity contribution in [1.29, 1.82) is 0 Å². The van der Waals surface area contributed by atoms with E-state index in [2.05, 4.69) is 31.4 Å². The first-order chi connectivity index (χ1) is 12.5. The zero-order chi connectivity index (χ0) is 19.0. The zero-order valence-corrected chi connectivity index (χ0v) is 17.6. The van der Waals surface area contributed by atoms with Crippen molar-refractivity contribution in [2.75, 3.05) is 25.4 Å². The number of rotatable bonds is 9. The summed E-state index contributed by atoms with van der Waals surface area (Å²) >= 11 is 1.87. The van der Waals surface area contributed by atoms with Gasteiger partial charge in [0.2, 0.25) is 11.8 Å². The van der Waals surface area contributed by atoms with E-state index in [0.717, 1.165) is 57.5 Å². The zero-order valence-electron chi connectivity index (χ0n) is 16.8. The monoisotopic (exact) mass is 383 g/mol. The van der Waals surface area contributed by atoms with E-state index in [-0.39, 0.29) is 16.8 Å². The van der Waals surface area contributed by atoms with Crippen LogP contribution in [0.4, 0.5) is 0 Å². The second-order valence-corrected chi connectivity index (χ2v) is 9.36. The van der Waals surface area contributed by atoms with Gasteiger partial charge in [0.05, 0.1) is 10.9 Å². The highest BCUT2D eigenvalue weighted by molar-refractivity contribution is 8.01. The Morgan fingerprint density at radius 2 is 1.96 bits per heavy atom. The van der Waals surface area contributed by atoms with E-state index in [1.54, 1.807) is 0 Å². The number of amides is 2. The van der Waals surface area contributed by atoms with Gasteiger partial charge in [0.1, 0.15) is 0 Å². The molecule has 0 radical (unpaired) electrons. The van der Waals surface area contributed by atoms with Crippen molar-refractivity contribution in [3.63, 3.8) is 0 Å². The first kappa shape index (κ1) is 21.5. The smallest absolute Gasteiger partial charge is 0.238 e. The summed E-state index contributed by atoms with van der Waals surface area (Å²) in [4.78, 5) is 26.7. The predicted octanol–water partition coefficient (Wildman–Crippen LogP) is 3.14. The SMILES string of the molecule is CCCCCCC(=O)N1CCC2(CC1)NC(C(=O)NCC(C)CC)CS2. The van der Waals surface area contributed by atoms with Crippen molar-refractivity contribution in [2.24, 2.45) is 5.92 Å². The van der Waals surface area contributed by atoms with Crippen LogP contribution in [0.1, 0.15) is 72.1 Å². The molecular weight excluding hydrogens is 346 g/mol. The molecule has 2 saturated heterocycles. The Hall–Kier alpha value is -0.750. The van der Waals surface area contributed by atoms with Crippen molar-refractivity contribution >= 4 is 23.6 Å². The minimum atomic E-state index is -0.0969. The van der Waals surface area contributed by atoms with Crippen LogP contribution in [0, 0.1) is 5.92 Å². The number of likely N-dealkylation sites (tertiary alicyclic amines) is 1. The Morgan fingerprint density at radius 1 is 1.23 bits per heavy atom. The molecule has 2 fully saturated rings. The van der Waals surface area contributed by atoms with Crippen molar-refractivity contribution < 1.29 is 9.59 Å². The molecule has 150 valence electrons. The lowest BCUT2D eigenvalue weighted by atomic mass is 10.0. The molecule has 26 heavy (non-hydrogen) atoms. The standard InChI is InChI=1S/C20H37N3O2S/c1-4-6-7-8-9-18(24)23-12-10-20(11-13-23)22-17(15-26-20)19(25)21-14-16(3)5-2/h16-17,22H,4-15H2,1-3H3,(H,21,25). The summed E-state index contributed by atoms with van der Waals surface area (Å²) in [6, 6.07) is -0.0969. The molecular formula is C20H37N3O2S. The number of carbonyl (C=O) groups is 2. The van der Waals surface area contributed by atoms with Crippen LogP contribution in [0.5, 0.6) is 0 Å². The lowest BCUT2D eigenvalue weighted by Crippen LogP contribution is -2.54. The van der Waals surface area contributed by atoms with E-state index < -0.39 is 0 Å². The van der Waals surface area contributed by atoms with Crippen LogP contribution in [0.15, 0.2) is 0 Å². The number of unbranched alkanes of at least 4 members (excludes halogenated alkanes) is 3. The maximum Gasteiger partial charge on any atom is 0.238 e. The first-order valence-electron chi connectivity index (χ1n) is 10.5. The van der Waals surface area contributed by atoms with E-state index in [4.69, 9.17) is 0 Å². The van der Waals surface area contributed by atoms with Gasteiger partial charge in [-0.25, -0.2) is 0 Å². The summed E-state index contributed by atoms with van der Waals surface area (Å²) in [5.74, 6) is 1.79. The third-order valence-electron chi connectivity index (χ3n) is 5.77. The first-order valence-corrected chi connectivity index (χ1v) is 11.5. The predicted molar refractivity (Wildman–Crippen MR) is 109 cm³/mol. The van der Waals surface area contributed by atoms with Crippen molar-refractivity contribution in [3.05, 3.63) is 0 Å². The van der Waals surface area contributed by atoms with E-state index >= 15 is 0 Å². The molecule has 2 aliphatic heterocycles. The fraction of sp³-hybridized carbons (Fsp3) is 0.900. The molecule has 1 spiro atoms. The molecule has 0 aromatic carbocycles. The van der Waals surface area contributed by atoms with Gasteiger partial charge in [-0.3, -0.25) is 14.9 Å². The van der Waals surface area contributed by atoms with Crippen LogP contribution in [0.25, 0.3) is 0 Å². The summed E-state index contributed by atoms with van der Waals surface area (Å²) in [6.45, 7) is 8.88. The fourth-order valence-electron chi connectivity index (χ4n) is 3.59. The number of hydrogen-bond donors (Lipinski definition) is 2. The van der Waals surface area contributed by atoms with Gasteiger partial charge in [0.25, 0.3) is 0 Å². The van der Waals surface area contributed by atoms with Gasteiger partial charge in [-0.05, 0) is 25.2 Å². The molecule has 2 atom stereocenters. The van der Waals surface area contributed by atoms with Gasteiger partial charge in [-0.15, -0.1) is 11.8 Å². The maximum absolute atomic E-state index is 12.4. The summed E-state index contributed by atoms with van der Waals surface area (Å²) in [7, 11) is 0. The molecule has 2 aliphatic rings. The highest BCUT2D eigenvalue weighted by Gasteiger charge is 2.44. The topological polar surface area (TPSA) is 61.4 Å². The summed E-state index contributed by atoms with van der Waals surface area (Å²) in [5, 5.41) is 6.66. The lowest BCUT2D eigenvalue weighted by Gasteiger charge is -2.39. The van der Waals surface area contributed by atoms with E-state index in [1.165, 1.54) is 12.8 Å². The summed E-state index contributed by atoms with van der Waals surface area (Å²) < 4.78 is 0. The van der Waals surface area contributed by atoms with Crippen molar-refractivity contribution in [2.45, 2.75) is 83.1 Å². The number of nitrogens with zero attached hydrogens (tertiary/aromatic N) is 1. The quantitative estimate of drug-likeness (QED) is 0.601. The van der Waals surface area contributed by atoms with Crippen LogP contribution in [0.3, 0.4) is 0 Å².